The molecule has 2 heterocycles. The van der Waals surface area contributed by atoms with E-state index in [0.29, 0.717) is 27.0 Å². The van der Waals surface area contributed by atoms with Crippen LogP contribution in [-0.4, -0.2) is 22.5 Å². The molecule has 1 aromatic carbocycles. The maximum atomic E-state index is 11.5. The average Bonchev–Trinajstić information content (AvgIpc) is 2.55. The van der Waals surface area contributed by atoms with Gasteiger partial charge in [-0.1, -0.05) is 0 Å². The number of aromatic nitrogens is 1. The van der Waals surface area contributed by atoms with Crippen LogP contribution in [-0.2, 0) is 4.79 Å². The molecule has 0 aliphatic carbocycles. The lowest BCUT2D eigenvalue weighted by Crippen LogP contribution is -2.34. The van der Waals surface area contributed by atoms with Crippen LogP contribution in [0, 0.1) is 11.3 Å². The molecule has 7 nitrogen and oxygen atoms in total. The number of halogens is 1. The number of fused-ring (bicyclic) bond motifs is 1. The summed E-state index contributed by atoms with van der Waals surface area (Å²) in [6.07, 6.45) is 1.55. The van der Waals surface area contributed by atoms with Crippen molar-refractivity contribution in [3.8, 4) is 17.7 Å². The average molecular weight is 415 g/mol. The molecule has 1 aliphatic rings. The molecule has 3 rings (SSSR count). The SMILES string of the molecule is CC(=O)Nc1cc(Br)cnc1OC1=NC(C)(C)Oc2ccc(C#N)cc21. The Bertz CT molecular complexity index is 963. The topological polar surface area (TPSA) is 96.6 Å². The molecule has 1 N–H and O–H groups in total. The summed E-state index contributed by atoms with van der Waals surface area (Å²) < 4.78 is 12.4. The van der Waals surface area contributed by atoms with E-state index >= 15 is 0 Å². The van der Waals surface area contributed by atoms with Crippen LogP contribution in [0.2, 0.25) is 0 Å². The van der Waals surface area contributed by atoms with Crippen molar-refractivity contribution in [2.24, 2.45) is 4.99 Å². The van der Waals surface area contributed by atoms with E-state index in [9.17, 15) is 4.79 Å². The van der Waals surface area contributed by atoms with Crippen LogP contribution in [0.1, 0.15) is 31.9 Å². The van der Waals surface area contributed by atoms with Gasteiger partial charge in [0.25, 0.3) is 0 Å². The number of nitriles is 1. The smallest absolute Gasteiger partial charge is 0.245 e. The zero-order valence-electron chi connectivity index (χ0n) is 14.3. The number of hydrogen-bond donors (Lipinski definition) is 1. The number of hydrogen-bond acceptors (Lipinski definition) is 6. The van der Waals surface area contributed by atoms with Gasteiger partial charge in [-0.25, -0.2) is 9.98 Å². The standard InChI is InChI=1S/C18H15BrN4O3/c1-10(24)22-14-7-12(19)9-21-17(14)25-16-13-6-11(8-20)4-5-15(13)26-18(2,3)23-16/h4-7,9H,1-3H3,(H,22,24). The van der Waals surface area contributed by atoms with E-state index in [1.165, 1.54) is 6.92 Å². The molecule has 1 aromatic heterocycles. The van der Waals surface area contributed by atoms with Crippen molar-refractivity contribution in [1.29, 1.82) is 5.26 Å². The third kappa shape index (κ3) is 3.83. The largest absolute Gasteiger partial charge is 0.466 e. The van der Waals surface area contributed by atoms with Crippen molar-refractivity contribution in [2.45, 2.75) is 26.5 Å². The van der Waals surface area contributed by atoms with Crippen molar-refractivity contribution in [1.82, 2.24) is 4.98 Å². The number of ether oxygens (including phenoxy) is 2. The minimum absolute atomic E-state index is 0.188. The van der Waals surface area contributed by atoms with Crippen molar-refractivity contribution >= 4 is 33.4 Å². The summed E-state index contributed by atoms with van der Waals surface area (Å²) in [6.45, 7) is 4.98. The normalized spacial score (nSPS) is 14.3. The summed E-state index contributed by atoms with van der Waals surface area (Å²) in [4.78, 5) is 20.1. The van der Waals surface area contributed by atoms with E-state index in [-0.39, 0.29) is 17.7 Å². The molecule has 132 valence electrons. The van der Waals surface area contributed by atoms with E-state index in [1.54, 1.807) is 44.3 Å². The van der Waals surface area contributed by atoms with Crippen LogP contribution in [0.25, 0.3) is 0 Å². The van der Waals surface area contributed by atoms with Gasteiger partial charge in [0, 0.05) is 17.6 Å². The maximum Gasteiger partial charge on any atom is 0.245 e. The van der Waals surface area contributed by atoms with E-state index in [1.807, 2.05) is 0 Å². The highest BCUT2D eigenvalue weighted by Crippen LogP contribution is 2.33. The van der Waals surface area contributed by atoms with Gasteiger partial charge in [0.15, 0.2) is 5.72 Å². The molecule has 2 aromatic rings. The van der Waals surface area contributed by atoms with E-state index in [0.717, 1.165) is 0 Å². The number of amides is 1. The highest BCUT2D eigenvalue weighted by molar-refractivity contribution is 9.10. The molecule has 8 heteroatoms. The van der Waals surface area contributed by atoms with Crippen molar-refractivity contribution in [3.05, 3.63) is 46.1 Å². The maximum absolute atomic E-state index is 11.5. The second-order valence-corrected chi connectivity index (χ2v) is 6.99. The van der Waals surface area contributed by atoms with Crippen LogP contribution < -0.4 is 14.8 Å². The van der Waals surface area contributed by atoms with Crippen molar-refractivity contribution in [3.63, 3.8) is 0 Å². The van der Waals surface area contributed by atoms with Crippen LogP contribution >= 0.6 is 15.9 Å². The number of carbonyl (C=O) groups is 1. The second kappa shape index (κ2) is 6.77. The molecule has 0 radical (unpaired) electrons. The number of nitrogens with zero attached hydrogens (tertiary/aromatic N) is 3. The first-order valence-electron chi connectivity index (χ1n) is 7.72. The van der Waals surface area contributed by atoms with Crippen molar-refractivity contribution < 1.29 is 14.3 Å². The highest BCUT2D eigenvalue weighted by atomic mass is 79.9. The summed E-state index contributed by atoms with van der Waals surface area (Å²) in [7, 11) is 0. The Balaban J connectivity index is 2.06. The van der Waals surface area contributed by atoms with E-state index in [2.05, 4.69) is 37.3 Å². The second-order valence-electron chi connectivity index (χ2n) is 6.08. The molecule has 0 bridgehead atoms. The quantitative estimate of drug-likeness (QED) is 0.808. The molecular weight excluding hydrogens is 400 g/mol. The summed E-state index contributed by atoms with van der Waals surface area (Å²) in [5.74, 6) is 0.747. The Hall–Kier alpha value is -2.92. The predicted octanol–water partition coefficient (Wildman–Crippen LogP) is 3.63. The third-order valence-corrected chi connectivity index (χ3v) is 3.83. The Morgan fingerprint density at radius 1 is 1.38 bits per heavy atom. The zero-order valence-corrected chi connectivity index (χ0v) is 15.9. The number of rotatable bonds is 2. The molecular formula is C18H15BrN4O3. The summed E-state index contributed by atoms with van der Waals surface area (Å²) in [5.41, 5.74) is 0.549. The van der Waals surface area contributed by atoms with Gasteiger partial charge in [-0.2, -0.15) is 5.26 Å². The Labute approximate surface area is 158 Å². The first-order valence-corrected chi connectivity index (χ1v) is 8.51. The van der Waals surface area contributed by atoms with E-state index < -0.39 is 5.72 Å². The van der Waals surface area contributed by atoms with Gasteiger partial charge >= 0.3 is 0 Å². The lowest BCUT2D eigenvalue weighted by molar-refractivity contribution is -0.114. The first kappa shape index (κ1) is 17.9. The number of nitrogens with one attached hydrogen (secondary N) is 1. The minimum atomic E-state index is -0.847. The highest BCUT2D eigenvalue weighted by Gasteiger charge is 2.30. The fraction of sp³-hybridized carbons (Fsp3) is 0.222. The molecule has 0 fully saturated rings. The lowest BCUT2D eigenvalue weighted by atomic mass is 10.1. The van der Waals surface area contributed by atoms with E-state index in [4.69, 9.17) is 14.7 Å². The van der Waals surface area contributed by atoms with Crippen LogP contribution in [0.3, 0.4) is 0 Å². The molecule has 0 unspecified atom stereocenters. The first-order chi connectivity index (χ1) is 12.3. The van der Waals surface area contributed by atoms with Crippen LogP contribution in [0.15, 0.2) is 39.9 Å². The monoisotopic (exact) mass is 414 g/mol. The van der Waals surface area contributed by atoms with Gasteiger partial charge in [0.05, 0.1) is 17.2 Å². The number of carbonyl (C=O) groups excluding carboxylic acids is 1. The van der Waals surface area contributed by atoms with Crippen molar-refractivity contribution in [2.75, 3.05) is 5.32 Å². The molecule has 1 aliphatic heterocycles. The number of aliphatic imine (C=N–C) groups is 1. The molecule has 26 heavy (non-hydrogen) atoms. The summed E-state index contributed by atoms with van der Waals surface area (Å²) in [6, 6.07) is 8.77. The number of benzene rings is 1. The van der Waals surface area contributed by atoms with Gasteiger partial charge < -0.3 is 14.8 Å². The van der Waals surface area contributed by atoms with Gasteiger partial charge in [-0.15, -0.1) is 0 Å². The third-order valence-electron chi connectivity index (χ3n) is 3.39. The fourth-order valence-electron chi connectivity index (χ4n) is 2.41. The zero-order chi connectivity index (χ0) is 18.9. The Morgan fingerprint density at radius 3 is 2.85 bits per heavy atom. The molecule has 0 saturated carbocycles. The number of anilines is 1. The summed E-state index contributed by atoms with van der Waals surface area (Å²) in [5, 5.41) is 11.8. The lowest BCUT2D eigenvalue weighted by Gasteiger charge is -2.29. The number of pyridine rings is 1. The van der Waals surface area contributed by atoms with Crippen LogP contribution in [0.5, 0.6) is 11.6 Å². The fourth-order valence-corrected chi connectivity index (χ4v) is 2.74. The Morgan fingerprint density at radius 2 is 2.15 bits per heavy atom. The molecule has 0 atom stereocenters. The molecule has 1 amide bonds. The molecule has 0 spiro atoms. The summed E-state index contributed by atoms with van der Waals surface area (Å²) >= 11 is 3.32. The van der Waals surface area contributed by atoms with Gasteiger partial charge in [0.2, 0.25) is 17.7 Å². The Kier molecular flexibility index (Phi) is 4.66. The van der Waals surface area contributed by atoms with Crippen LogP contribution in [0.4, 0.5) is 5.69 Å². The van der Waals surface area contributed by atoms with Gasteiger partial charge in [-0.05, 0) is 54.0 Å². The van der Waals surface area contributed by atoms with Gasteiger partial charge in [-0.3, -0.25) is 4.79 Å². The van der Waals surface area contributed by atoms with Gasteiger partial charge in [0.1, 0.15) is 11.4 Å². The molecule has 0 saturated heterocycles. The minimum Gasteiger partial charge on any atom is -0.466 e. The predicted molar refractivity (Wildman–Crippen MR) is 99.3 cm³/mol.